The monoisotopic (exact) mass is 268 g/mol. The topological polar surface area (TPSA) is 56.7 Å². The minimum Gasteiger partial charge on any atom is -0.324 e. The summed E-state index contributed by atoms with van der Waals surface area (Å²) in [6, 6.07) is 2.20. The van der Waals surface area contributed by atoms with Gasteiger partial charge in [-0.15, -0.1) is 10.2 Å². The number of benzene rings is 1. The van der Waals surface area contributed by atoms with E-state index in [1.165, 1.54) is 0 Å². The first-order chi connectivity index (χ1) is 9.13. The summed E-state index contributed by atoms with van der Waals surface area (Å²) in [4.78, 5) is 0. The van der Waals surface area contributed by atoms with Crippen LogP contribution in [0.5, 0.6) is 0 Å². The Kier molecular flexibility index (Phi) is 2.78. The lowest BCUT2D eigenvalue weighted by atomic mass is 10.2. The quantitative estimate of drug-likeness (QED) is 0.868. The maximum Gasteiger partial charge on any atom is 0.195 e. The minimum atomic E-state index is -1.50. The molecule has 1 aromatic heterocycles. The number of aromatic nitrogens is 3. The molecule has 0 aliphatic heterocycles. The highest BCUT2D eigenvalue weighted by Gasteiger charge is 2.31. The smallest absolute Gasteiger partial charge is 0.195 e. The largest absolute Gasteiger partial charge is 0.324 e. The Balaban J connectivity index is 2.17. The molecular weight excluding hydrogens is 257 g/mol. The Morgan fingerprint density at radius 3 is 2.53 bits per heavy atom. The van der Waals surface area contributed by atoms with Gasteiger partial charge in [0.05, 0.1) is 12.1 Å². The second-order valence-electron chi connectivity index (χ2n) is 4.47. The Morgan fingerprint density at radius 1 is 1.16 bits per heavy atom. The molecule has 4 nitrogen and oxygen atoms in total. The van der Waals surface area contributed by atoms with Crippen molar-refractivity contribution in [2.24, 2.45) is 5.73 Å². The van der Waals surface area contributed by atoms with Crippen LogP contribution in [0.2, 0.25) is 0 Å². The van der Waals surface area contributed by atoms with Crippen LogP contribution in [0.1, 0.15) is 24.7 Å². The lowest BCUT2D eigenvalue weighted by Gasteiger charge is -2.09. The SMILES string of the molecule is NCc1nnc(-c2ccc(F)c(F)c2F)n1C1CC1. The van der Waals surface area contributed by atoms with Crippen LogP contribution < -0.4 is 5.73 Å². The van der Waals surface area contributed by atoms with Crippen LogP contribution in [-0.2, 0) is 6.54 Å². The molecule has 1 fully saturated rings. The minimum absolute atomic E-state index is 0.0991. The van der Waals surface area contributed by atoms with E-state index in [-0.39, 0.29) is 24.0 Å². The molecule has 0 unspecified atom stereocenters. The molecule has 19 heavy (non-hydrogen) atoms. The number of nitrogens with two attached hydrogens (primary N) is 1. The van der Waals surface area contributed by atoms with Gasteiger partial charge in [-0.25, -0.2) is 13.2 Å². The van der Waals surface area contributed by atoms with Crippen LogP contribution >= 0.6 is 0 Å². The standard InChI is InChI=1S/C12H11F3N4/c13-8-4-3-7(10(14)11(8)15)12-18-17-9(5-16)19(12)6-1-2-6/h3-4,6H,1-2,5,16H2. The van der Waals surface area contributed by atoms with E-state index in [0.29, 0.717) is 5.82 Å². The van der Waals surface area contributed by atoms with E-state index >= 15 is 0 Å². The van der Waals surface area contributed by atoms with E-state index in [2.05, 4.69) is 10.2 Å². The van der Waals surface area contributed by atoms with Crippen LogP contribution in [0.3, 0.4) is 0 Å². The van der Waals surface area contributed by atoms with Gasteiger partial charge >= 0.3 is 0 Å². The molecule has 2 aromatic rings. The maximum absolute atomic E-state index is 13.8. The fourth-order valence-corrected chi connectivity index (χ4v) is 2.06. The lowest BCUT2D eigenvalue weighted by molar-refractivity contribution is 0.448. The first-order valence-corrected chi connectivity index (χ1v) is 5.91. The van der Waals surface area contributed by atoms with Crippen molar-refractivity contribution in [1.82, 2.24) is 14.8 Å². The third kappa shape index (κ3) is 1.90. The first-order valence-electron chi connectivity index (χ1n) is 5.91. The van der Waals surface area contributed by atoms with E-state index in [0.717, 1.165) is 25.0 Å². The molecule has 0 spiro atoms. The Hall–Kier alpha value is -1.89. The normalized spacial score (nSPS) is 14.9. The number of halogens is 3. The van der Waals surface area contributed by atoms with Crippen LogP contribution in [0.4, 0.5) is 13.2 Å². The zero-order valence-corrected chi connectivity index (χ0v) is 9.91. The van der Waals surface area contributed by atoms with Crippen molar-refractivity contribution >= 4 is 0 Å². The zero-order valence-electron chi connectivity index (χ0n) is 9.91. The summed E-state index contributed by atoms with van der Waals surface area (Å²) in [5, 5.41) is 7.72. The van der Waals surface area contributed by atoms with Gasteiger partial charge in [0.2, 0.25) is 0 Å². The van der Waals surface area contributed by atoms with Gasteiger partial charge in [0.1, 0.15) is 5.82 Å². The molecule has 2 N–H and O–H groups in total. The molecule has 1 saturated carbocycles. The van der Waals surface area contributed by atoms with Gasteiger partial charge in [0.15, 0.2) is 23.3 Å². The van der Waals surface area contributed by atoms with Gasteiger partial charge in [0, 0.05) is 6.04 Å². The Labute approximate surface area is 107 Å². The van der Waals surface area contributed by atoms with Crippen molar-refractivity contribution in [3.05, 3.63) is 35.4 Å². The third-order valence-corrected chi connectivity index (χ3v) is 3.14. The van der Waals surface area contributed by atoms with Crippen molar-refractivity contribution in [1.29, 1.82) is 0 Å². The van der Waals surface area contributed by atoms with E-state index in [1.807, 2.05) is 0 Å². The van der Waals surface area contributed by atoms with Crippen LogP contribution in [0, 0.1) is 17.5 Å². The molecule has 1 aliphatic rings. The second kappa shape index (κ2) is 4.34. The summed E-state index contributed by atoms with van der Waals surface area (Å²) in [5.74, 6) is -3.27. The molecule has 0 amide bonds. The predicted octanol–water partition coefficient (Wildman–Crippen LogP) is 2.16. The molecule has 0 radical (unpaired) electrons. The highest BCUT2D eigenvalue weighted by molar-refractivity contribution is 5.57. The average Bonchev–Trinajstić information content (AvgIpc) is 3.16. The molecule has 100 valence electrons. The zero-order chi connectivity index (χ0) is 13.6. The summed E-state index contributed by atoms with van der Waals surface area (Å²) in [6.07, 6.45) is 1.84. The highest BCUT2D eigenvalue weighted by atomic mass is 19.2. The second-order valence-corrected chi connectivity index (χ2v) is 4.47. The van der Waals surface area contributed by atoms with E-state index < -0.39 is 17.5 Å². The maximum atomic E-state index is 13.8. The van der Waals surface area contributed by atoms with E-state index in [1.54, 1.807) is 4.57 Å². The molecular formula is C12H11F3N4. The van der Waals surface area contributed by atoms with E-state index in [4.69, 9.17) is 5.73 Å². The lowest BCUT2D eigenvalue weighted by Crippen LogP contribution is -2.09. The van der Waals surface area contributed by atoms with Crippen LogP contribution in [0.15, 0.2) is 12.1 Å². The van der Waals surface area contributed by atoms with Gasteiger partial charge in [-0.2, -0.15) is 0 Å². The average molecular weight is 268 g/mol. The van der Waals surface area contributed by atoms with Crippen molar-refractivity contribution < 1.29 is 13.2 Å². The third-order valence-electron chi connectivity index (χ3n) is 3.14. The number of hydrogen-bond acceptors (Lipinski definition) is 3. The molecule has 0 atom stereocenters. The van der Waals surface area contributed by atoms with Crippen molar-refractivity contribution in [3.8, 4) is 11.4 Å². The van der Waals surface area contributed by atoms with E-state index in [9.17, 15) is 13.2 Å². The van der Waals surface area contributed by atoms with Gasteiger partial charge in [0.25, 0.3) is 0 Å². The predicted molar refractivity (Wildman–Crippen MR) is 61.5 cm³/mol. The van der Waals surface area contributed by atoms with Crippen LogP contribution in [0.25, 0.3) is 11.4 Å². The number of hydrogen-bond donors (Lipinski definition) is 1. The fraction of sp³-hybridized carbons (Fsp3) is 0.333. The number of nitrogens with zero attached hydrogens (tertiary/aromatic N) is 3. The molecule has 1 aliphatic carbocycles. The fourth-order valence-electron chi connectivity index (χ4n) is 2.06. The Morgan fingerprint density at radius 2 is 1.89 bits per heavy atom. The molecule has 1 heterocycles. The summed E-state index contributed by atoms with van der Waals surface area (Å²) in [7, 11) is 0. The van der Waals surface area contributed by atoms with Crippen molar-refractivity contribution in [3.63, 3.8) is 0 Å². The molecule has 0 bridgehead atoms. The van der Waals surface area contributed by atoms with Gasteiger partial charge in [-0.3, -0.25) is 0 Å². The van der Waals surface area contributed by atoms with Crippen LogP contribution in [-0.4, -0.2) is 14.8 Å². The Bertz CT molecular complexity index is 634. The molecule has 1 aromatic carbocycles. The summed E-state index contributed by atoms with van der Waals surface area (Å²) in [5.41, 5.74) is 5.45. The molecule has 0 saturated heterocycles. The van der Waals surface area contributed by atoms with Crippen molar-refractivity contribution in [2.75, 3.05) is 0 Å². The summed E-state index contributed by atoms with van der Waals surface area (Å²) in [6.45, 7) is 0.162. The highest BCUT2D eigenvalue weighted by Crippen LogP contribution is 2.39. The van der Waals surface area contributed by atoms with Gasteiger partial charge < -0.3 is 10.3 Å². The van der Waals surface area contributed by atoms with Gasteiger partial charge in [-0.05, 0) is 25.0 Å². The number of rotatable bonds is 3. The summed E-state index contributed by atoms with van der Waals surface area (Å²) >= 11 is 0. The summed E-state index contributed by atoms with van der Waals surface area (Å²) < 4.78 is 41.7. The first kappa shape index (κ1) is 12.2. The molecule has 7 heteroatoms. The molecule has 3 rings (SSSR count). The van der Waals surface area contributed by atoms with Gasteiger partial charge in [-0.1, -0.05) is 0 Å². The van der Waals surface area contributed by atoms with Crippen molar-refractivity contribution in [2.45, 2.75) is 25.4 Å².